The quantitative estimate of drug-likeness (QED) is 0.902. The standard InChI is InChI=1S/C17H27N3S/c1-12(2)16-8-14(10-18-15-4-5-15)9-17(19-16)20-6-7-21-11-13(20)3/h8-9,12-13,15,18H,4-7,10-11H2,1-3H3. The zero-order chi connectivity index (χ0) is 14.8. The number of nitrogens with one attached hydrogen (secondary N) is 1. The lowest BCUT2D eigenvalue weighted by molar-refractivity contribution is 0.668. The SMILES string of the molecule is CC(C)c1cc(CNC2CC2)cc(N2CCSCC2C)n1. The van der Waals surface area contributed by atoms with Crippen molar-refractivity contribution in [1.82, 2.24) is 10.3 Å². The van der Waals surface area contributed by atoms with Crippen LogP contribution in [0.1, 0.15) is 50.8 Å². The average molecular weight is 305 g/mol. The summed E-state index contributed by atoms with van der Waals surface area (Å²) in [5.74, 6) is 4.09. The van der Waals surface area contributed by atoms with E-state index in [0.717, 1.165) is 19.1 Å². The minimum absolute atomic E-state index is 0.485. The number of hydrogen-bond acceptors (Lipinski definition) is 4. The van der Waals surface area contributed by atoms with E-state index in [1.807, 2.05) is 0 Å². The molecule has 1 N–H and O–H groups in total. The zero-order valence-electron chi connectivity index (χ0n) is 13.4. The number of nitrogens with zero attached hydrogens (tertiary/aromatic N) is 2. The van der Waals surface area contributed by atoms with E-state index in [0.29, 0.717) is 12.0 Å². The first-order valence-corrected chi connectivity index (χ1v) is 9.37. The molecule has 1 aliphatic heterocycles. The second-order valence-electron chi connectivity index (χ2n) is 6.69. The van der Waals surface area contributed by atoms with Crippen molar-refractivity contribution in [2.24, 2.45) is 0 Å². The van der Waals surface area contributed by atoms with E-state index in [2.05, 4.69) is 54.9 Å². The molecule has 0 spiro atoms. The minimum Gasteiger partial charge on any atom is -0.352 e. The van der Waals surface area contributed by atoms with E-state index >= 15 is 0 Å². The first kappa shape index (κ1) is 15.2. The Labute approximate surface area is 132 Å². The molecule has 3 nitrogen and oxygen atoms in total. The van der Waals surface area contributed by atoms with Crippen LogP contribution in [0.5, 0.6) is 0 Å². The second-order valence-corrected chi connectivity index (χ2v) is 7.84. The highest BCUT2D eigenvalue weighted by atomic mass is 32.2. The molecule has 3 rings (SSSR count). The Morgan fingerprint density at radius 1 is 1.38 bits per heavy atom. The Bertz CT molecular complexity index is 485. The Morgan fingerprint density at radius 3 is 2.86 bits per heavy atom. The molecule has 1 aromatic heterocycles. The van der Waals surface area contributed by atoms with Gasteiger partial charge in [-0.1, -0.05) is 13.8 Å². The van der Waals surface area contributed by atoms with Crippen LogP contribution >= 0.6 is 11.8 Å². The maximum atomic E-state index is 4.94. The van der Waals surface area contributed by atoms with Gasteiger partial charge in [-0.15, -0.1) is 0 Å². The largest absolute Gasteiger partial charge is 0.352 e. The molecule has 0 bridgehead atoms. The van der Waals surface area contributed by atoms with Crippen LogP contribution in [0.25, 0.3) is 0 Å². The first-order valence-electron chi connectivity index (χ1n) is 8.22. The number of hydrogen-bond donors (Lipinski definition) is 1. The summed E-state index contributed by atoms with van der Waals surface area (Å²) in [6.07, 6.45) is 2.69. The summed E-state index contributed by atoms with van der Waals surface area (Å²) >= 11 is 2.06. The molecule has 2 fully saturated rings. The monoisotopic (exact) mass is 305 g/mol. The van der Waals surface area contributed by atoms with Crippen molar-refractivity contribution in [3.05, 3.63) is 23.4 Å². The van der Waals surface area contributed by atoms with Gasteiger partial charge in [0.15, 0.2) is 0 Å². The van der Waals surface area contributed by atoms with E-state index in [1.54, 1.807) is 0 Å². The number of aromatic nitrogens is 1. The summed E-state index contributed by atoms with van der Waals surface area (Å²) in [6.45, 7) is 8.89. The third-order valence-electron chi connectivity index (χ3n) is 4.32. The summed E-state index contributed by atoms with van der Waals surface area (Å²) < 4.78 is 0. The highest BCUT2D eigenvalue weighted by Crippen LogP contribution is 2.26. The third-order valence-corrected chi connectivity index (χ3v) is 5.51. The van der Waals surface area contributed by atoms with Crippen molar-refractivity contribution < 1.29 is 0 Å². The van der Waals surface area contributed by atoms with Crippen molar-refractivity contribution in [1.29, 1.82) is 0 Å². The average Bonchev–Trinajstić information content (AvgIpc) is 3.29. The number of rotatable bonds is 5. The lowest BCUT2D eigenvalue weighted by Gasteiger charge is -2.34. The van der Waals surface area contributed by atoms with Crippen LogP contribution in [0, 0.1) is 0 Å². The highest BCUT2D eigenvalue weighted by molar-refractivity contribution is 7.99. The predicted molar refractivity (Wildman–Crippen MR) is 92.3 cm³/mol. The van der Waals surface area contributed by atoms with Gasteiger partial charge in [0, 0.05) is 42.4 Å². The fraction of sp³-hybridized carbons (Fsp3) is 0.706. The lowest BCUT2D eigenvalue weighted by Crippen LogP contribution is -2.41. The van der Waals surface area contributed by atoms with Gasteiger partial charge in [-0.2, -0.15) is 11.8 Å². The van der Waals surface area contributed by atoms with Gasteiger partial charge in [-0.25, -0.2) is 4.98 Å². The van der Waals surface area contributed by atoms with Gasteiger partial charge < -0.3 is 10.2 Å². The fourth-order valence-corrected chi connectivity index (χ4v) is 3.77. The lowest BCUT2D eigenvalue weighted by atomic mass is 10.1. The van der Waals surface area contributed by atoms with Crippen LogP contribution in [-0.2, 0) is 6.54 Å². The summed E-state index contributed by atoms with van der Waals surface area (Å²) in [6, 6.07) is 5.93. The van der Waals surface area contributed by atoms with Crippen LogP contribution in [0.3, 0.4) is 0 Å². The Morgan fingerprint density at radius 2 is 2.19 bits per heavy atom. The van der Waals surface area contributed by atoms with Crippen molar-refractivity contribution >= 4 is 17.6 Å². The van der Waals surface area contributed by atoms with E-state index < -0.39 is 0 Å². The van der Waals surface area contributed by atoms with Crippen LogP contribution < -0.4 is 10.2 Å². The maximum absolute atomic E-state index is 4.94. The van der Waals surface area contributed by atoms with Gasteiger partial charge in [0.05, 0.1) is 0 Å². The molecule has 1 aliphatic carbocycles. The molecule has 1 saturated carbocycles. The molecule has 0 amide bonds. The number of pyridine rings is 1. The Balaban J connectivity index is 1.82. The Kier molecular flexibility index (Phi) is 4.75. The van der Waals surface area contributed by atoms with Gasteiger partial charge in [-0.3, -0.25) is 0 Å². The molecule has 0 radical (unpaired) electrons. The molecular formula is C17H27N3S. The Hall–Kier alpha value is -0.740. The summed E-state index contributed by atoms with van der Waals surface area (Å²) in [5, 5.41) is 3.63. The van der Waals surface area contributed by atoms with Gasteiger partial charge in [0.2, 0.25) is 0 Å². The van der Waals surface area contributed by atoms with E-state index in [4.69, 9.17) is 4.98 Å². The van der Waals surface area contributed by atoms with Crippen LogP contribution in [0.2, 0.25) is 0 Å². The predicted octanol–water partition coefficient (Wildman–Crippen LogP) is 3.40. The van der Waals surface area contributed by atoms with Crippen LogP contribution in [0.4, 0.5) is 5.82 Å². The number of anilines is 1. The smallest absolute Gasteiger partial charge is 0.129 e. The molecule has 1 saturated heterocycles. The minimum atomic E-state index is 0.485. The van der Waals surface area contributed by atoms with E-state index in [1.165, 1.54) is 41.4 Å². The topological polar surface area (TPSA) is 28.2 Å². The van der Waals surface area contributed by atoms with Crippen LogP contribution in [-0.4, -0.2) is 35.1 Å². The molecular weight excluding hydrogens is 278 g/mol. The summed E-state index contributed by atoms with van der Waals surface area (Å²) in [5.41, 5.74) is 2.62. The molecule has 1 aromatic rings. The molecule has 21 heavy (non-hydrogen) atoms. The molecule has 4 heteroatoms. The van der Waals surface area contributed by atoms with Gasteiger partial charge >= 0.3 is 0 Å². The fourth-order valence-electron chi connectivity index (χ4n) is 2.76. The van der Waals surface area contributed by atoms with Gasteiger partial charge in [0.1, 0.15) is 5.82 Å². The maximum Gasteiger partial charge on any atom is 0.129 e. The van der Waals surface area contributed by atoms with E-state index in [-0.39, 0.29) is 0 Å². The van der Waals surface area contributed by atoms with E-state index in [9.17, 15) is 0 Å². The number of thioether (sulfide) groups is 1. The van der Waals surface area contributed by atoms with Gasteiger partial charge in [-0.05, 0) is 43.4 Å². The first-order chi connectivity index (χ1) is 10.1. The molecule has 1 atom stereocenters. The highest BCUT2D eigenvalue weighted by Gasteiger charge is 2.23. The third kappa shape index (κ3) is 3.92. The normalized spacial score (nSPS) is 22.9. The summed E-state index contributed by atoms with van der Waals surface area (Å²) in [7, 11) is 0. The van der Waals surface area contributed by atoms with Crippen molar-refractivity contribution in [3.63, 3.8) is 0 Å². The van der Waals surface area contributed by atoms with Crippen molar-refractivity contribution in [2.45, 2.75) is 58.2 Å². The molecule has 0 aromatic carbocycles. The zero-order valence-corrected chi connectivity index (χ0v) is 14.2. The van der Waals surface area contributed by atoms with Crippen LogP contribution in [0.15, 0.2) is 12.1 Å². The molecule has 2 heterocycles. The van der Waals surface area contributed by atoms with Gasteiger partial charge in [0.25, 0.3) is 0 Å². The van der Waals surface area contributed by atoms with Crippen molar-refractivity contribution in [3.8, 4) is 0 Å². The molecule has 1 unspecified atom stereocenters. The van der Waals surface area contributed by atoms with Crippen molar-refractivity contribution in [2.75, 3.05) is 23.0 Å². The molecule has 2 aliphatic rings. The second kappa shape index (κ2) is 6.57. The summed E-state index contributed by atoms with van der Waals surface area (Å²) in [4.78, 5) is 7.43. The molecule has 116 valence electrons.